The maximum Gasteiger partial charge on any atom is 0.227 e. The molecule has 2 rings (SSSR count). The molecule has 0 aromatic heterocycles. The van der Waals surface area contributed by atoms with Crippen LogP contribution in [0.4, 0.5) is 0 Å². The van der Waals surface area contributed by atoms with E-state index < -0.39 is 6.10 Å². The van der Waals surface area contributed by atoms with Gasteiger partial charge in [-0.15, -0.1) is 0 Å². The van der Waals surface area contributed by atoms with Crippen molar-refractivity contribution in [3.63, 3.8) is 0 Å². The number of β-amino-alcohol motifs (C(OH)–C–C–N with tert-alkyl or cyclic N) is 1. The number of rotatable bonds is 2. The predicted octanol–water partition coefficient (Wildman–Crippen LogP) is 2.67. The van der Waals surface area contributed by atoms with Crippen molar-refractivity contribution in [3.05, 3.63) is 33.8 Å². The Morgan fingerprint density at radius 2 is 2.21 bits per heavy atom. The quantitative estimate of drug-likeness (QED) is 0.908. The number of aliphatic hydroxyl groups is 1. The van der Waals surface area contributed by atoms with Crippen LogP contribution in [0.25, 0.3) is 0 Å². The van der Waals surface area contributed by atoms with Crippen LogP contribution in [0, 0.1) is 6.92 Å². The Morgan fingerprint density at radius 1 is 1.53 bits per heavy atom. The molecule has 1 heterocycles. The van der Waals surface area contributed by atoms with Crippen molar-refractivity contribution in [2.45, 2.75) is 45.3 Å². The monoisotopic (exact) mass is 325 g/mol. The molecule has 1 aromatic rings. The van der Waals surface area contributed by atoms with E-state index in [9.17, 15) is 9.90 Å². The maximum absolute atomic E-state index is 12.4. The van der Waals surface area contributed by atoms with Crippen LogP contribution in [0.5, 0.6) is 0 Å². The second-order valence-corrected chi connectivity index (χ2v) is 6.84. The number of halogens is 1. The third-order valence-corrected chi connectivity index (χ3v) is 4.31. The summed E-state index contributed by atoms with van der Waals surface area (Å²) in [4.78, 5) is 14.2. The number of carbonyl (C=O) groups is 1. The molecule has 1 aliphatic heterocycles. The van der Waals surface area contributed by atoms with E-state index in [0.717, 1.165) is 15.6 Å². The number of hydrogen-bond acceptors (Lipinski definition) is 2. The highest BCUT2D eigenvalue weighted by Crippen LogP contribution is 2.29. The van der Waals surface area contributed by atoms with Crippen molar-refractivity contribution in [3.8, 4) is 0 Å². The summed E-state index contributed by atoms with van der Waals surface area (Å²) in [6, 6.07) is 5.98. The van der Waals surface area contributed by atoms with Crippen LogP contribution in [0.1, 0.15) is 31.4 Å². The second-order valence-electron chi connectivity index (χ2n) is 5.92. The molecule has 1 atom stereocenters. The summed E-state index contributed by atoms with van der Waals surface area (Å²) in [5.41, 5.74) is 1.90. The lowest BCUT2D eigenvalue weighted by Gasteiger charge is -2.31. The molecule has 1 N–H and O–H groups in total. The molecule has 104 valence electrons. The Morgan fingerprint density at radius 3 is 2.79 bits per heavy atom. The topological polar surface area (TPSA) is 40.5 Å². The van der Waals surface area contributed by atoms with E-state index in [0.29, 0.717) is 19.4 Å². The molecular weight excluding hydrogens is 306 g/mol. The van der Waals surface area contributed by atoms with E-state index in [4.69, 9.17) is 0 Å². The van der Waals surface area contributed by atoms with Gasteiger partial charge in [-0.2, -0.15) is 0 Å². The largest absolute Gasteiger partial charge is 0.391 e. The summed E-state index contributed by atoms with van der Waals surface area (Å²) in [5.74, 6) is 0.0859. The lowest BCUT2D eigenvalue weighted by Crippen LogP contribution is -2.43. The van der Waals surface area contributed by atoms with Crippen LogP contribution in [-0.4, -0.2) is 34.1 Å². The summed E-state index contributed by atoms with van der Waals surface area (Å²) < 4.78 is 0.988. The minimum absolute atomic E-state index is 0.0859. The van der Waals surface area contributed by atoms with Crippen LogP contribution < -0.4 is 0 Å². The fraction of sp³-hybridized carbons (Fsp3) is 0.533. The van der Waals surface area contributed by atoms with Gasteiger partial charge in [0, 0.05) is 16.6 Å². The first kappa shape index (κ1) is 14.5. The average Bonchev–Trinajstić information content (AvgIpc) is 2.57. The van der Waals surface area contributed by atoms with Gasteiger partial charge in [0.2, 0.25) is 5.91 Å². The summed E-state index contributed by atoms with van der Waals surface area (Å²) in [5, 5.41) is 9.75. The minimum atomic E-state index is -0.400. The van der Waals surface area contributed by atoms with E-state index in [1.165, 1.54) is 0 Å². The van der Waals surface area contributed by atoms with Gasteiger partial charge in [-0.1, -0.05) is 22.0 Å². The molecule has 1 fully saturated rings. The summed E-state index contributed by atoms with van der Waals surface area (Å²) in [7, 11) is 0. The molecule has 19 heavy (non-hydrogen) atoms. The van der Waals surface area contributed by atoms with Crippen molar-refractivity contribution >= 4 is 21.8 Å². The Kier molecular flexibility index (Phi) is 4.02. The van der Waals surface area contributed by atoms with Crippen LogP contribution >= 0.6 is 15.9 Å². The number of amides is 1. The van der Waals surface area contributed by atoms with Gasteiger partial charge in [0.15, 0.2) is 0 Å². The number of carbonyl (C=O) groups excluding carboxylic acids is 1. The fourth-order valence-corrected chi connectivity index (χ4v) is 3.15. The van der Waals surface area contributed by atoms with Crippen molar-refractivity contribution in [1.29, 1.82) is 0 Å². The zero-order valence-corrected chi connectivity index (χ0v) is 13.2. The number of hydrogen-bond donors (Lipinski definition) is 1. The first-order valence-corrected chi connectivity index (χ1v) is 7.32. The zero-order chi connectivity index (χ0) is 14.2. The summed E-state index contributed by atoms with van der Waals surface area (Å²) in [6.07, 6.45) is 0.639. The van der Waals surface area contributed by atoms with Crippen LogP contribution in [0.15, 0.2) is 22.7 Å². The lowest BCUT2D eigenvalue weighted by atomic mass is 10.00. The summed E-state index contributed by atoms with van der Waals surface area (Å²) in [6.45, 7) is 6.47. The Balaban J connectivity index is 2.15. The van der Waals surface area contributed by atoms with Gasteiger partial charge >= 0.3 is 0 Å². The molecule has 0 radical (unpaired) electrons. The Bertz CT molecular complexity index is 499. The van der Waals surface area contributed by atoms with E-state index in [2.05, 4.69) is 15.9 Å². The molecule has 0 saturated carbocycles. The molecule has 0 aliphatic carbocycles. The molecule has 0 spiro atoms. The van der Waals surface area contributed by atoms with E-state index in [-0.39, 0.29) is 11.4 Å². The van der Waals surface area contributed by atoms with E-state index >= 15 is 0 Å². The van der Waals surface area contributed by atoms with Crippen molar-refractivity contribution in [2.75, 3.05) is 6.54 Å². The number of benzene rings is 1. The molecule has 3 nitrogen and oxygen atoms in total. The van der Waals surface area contributed by atoms with Crippen molar-refractivity contribution in [2.24, 2.45) is 0 Å². The normalized spacial score (nSPS) is 21.7. The van der Waals surface area contributed by atoms with Gasteiger partial charge in [0.1, 0.15) is 0 Å². The molecule has 4 heteroatoms. The third-order valence-electron chi connectivity index (χ3n) is 3.81. The molecule has 0 bridgehead atoms. The first-order valence-electron chi connectivity index (χ1n) is 6.53. The third kappa shape index (κ3) is 3.18. The average molecular weight is 326 g/mol. The molecule has 1 amide bonds. The van der Waals surface area contributed by atoms with Gasteiger partial charge in [-0.3, -0.25) is 4.79 Å². The number of aryl methyl sites for hydroxylation is 1. The lowest BCUT2D eigenvalue weighted by molar-refractivity contribution is -0.133. The van der Waals surface area contributed by atoms with Gasteiger partial charge in [0.25, 0.3) is 0 Å². The second kappa shape index (κ2) is 5.25. The van der Waals surface area contributed by atoms with E-state index in [1.54, 1.807) is 4.90 Å². The van der Waals surface area contributed by atoms with Crippen LogP contribution in [0.2, 0.25) is 0 Å². The summed E-state index contributed by atoms with van der Waals surface area (Å²) >= 11 is 3.44. The van der Waals surface area contributed by atoms with Crippen LogP contribution in [-0.2, 0) is 11.2 Å². The SMILES string of the molecule is Cc1ccc(Br)cc1CC(=O)N1CC(O)CC1(C)C. The number of nitrogens with zero attached hydrogens (tertiary/aromatic N) is 1. The first-order chi connectivity index (χ1) is 8.79. The molecule has 1 aliphatic rings. The van der Waals surface area contributed by atoms with Gasteiger partial charge in [-0.25, -0.2) is 0 Å². The van der Waals surface area contributed by atoms with Gasteiger partial charge in [0.05, 0.1) is 12.5 Å². The molecule has 1 unspecified atom stereocenters. The Hall–Kier alpha value is -0.870. The van der Waals surface area contributed by atoms with Crippen molar-refractivity contribution in [1.82, 2.24) is 4.90 Å². The zero-order valence-electron chi connectivity index (χ0n) is 11.6. The standard InChI is InChI=1S/C15H20BrNO2/c1-10-4-5-12(16)6-11(10)7-14(19)17-9-13(18)8-15(17,2)3/h4-6,13,18H,7-9H2,1-3H3. The van der Waals surface area contributed by atoms with Gasteiger partial charge < -0.3 is 10.0 Å². The highest BCUT2D eigenvalue weighted by molar-refractivity contribution is 9.10. The predicted molar refractivity (Wildman–Crippen MR) is 79.0 cm³/mol. The molecular formula is C15H20BrNO2. The smallest absolute Gasteiger partial charge is 0.227 e. The van der Waals surface area contributed by atoms with Crippen LogP contribution in [0.3, 0.4) is 0 Å². The maximum atomic E-state index is 12.4. The highest BCUT2D eigenvalue weighted by atomic mass is 79.9. The number of aliphatic hydroxyl groups excluding tert-OH is 1. The molecule has 1 saturated heterocycles. The molecule has 1 aromatic carbocycles. The van der Waals surface area contributed by atoms with E-state index in [1.807, 2.05) is 39.0 Å². The minimum Gasteiger partial charge on any atom is -0.391 e. The number of likely N-dealkylation sites (tertiary alicyclic amines) is 1. The fourth-order valence-electron chi connectivity index (χ4n) is 2.74. The van der Waals surface area contributed by atoms with Gasteiger partial charge in [-0.05, 0) is 50.5 Å². The highest BCUT2D eigenvalue weighted by Gasteiger charge is 2.40. The van der Waals surface area contributed by atoms with Crippen molar-refractivity contribution < 1.29 is 9.90 Å². The Labute approximate surface area is 122 Å².